The number of piperazine rings is 1. The van der Waals surface area contributed by atoms with Gasteiger partial charge in [-0.25, -0.2) is 0 Å². The smallest absolute Gasteiger partial charge is 0.255 e. The minimum atomic E-state index is -0.159. The summed E-state index contributed by atoms with van der Waals surface area (Å²) in [6.07, 6.45) is 0. The molecule has 1 heterocycles. The number of benzene rings is 3. The third-order valence-corrected chi connectivity index (χ3v) is 5.65. The second-order valence-electron chi connectivity index (χ2n) is 7.70. The molecule has 1 aliphatic rings. The van der Waals surface area contributed by atoms with Gasteiger partial charge in [-0.05, 0) is 55.1 Å². The summed E-state index contributed by atoms with van der Waals surface area (Å²) in [5.41, 5.74) is 3.33. The fraction of sp³-hybridized carbons (Fsp3) is 0.240. The average Bonchev–Trinajstić information content (AvgIpc) is 2.80. The van der Waals surface area contributed by atoms with Gasteiger partial charge in [-0.15, -0.1) is 0 Å². The number of likely N-dealkylation sites (N-methyl/N-ethyl adjacent to an activating group) is 1. The molecule has 1 fully saturated rings. The first-order chi connectivity index (χ1) is 15.1. The molecule has 0 saturated carbocycles. The summed E-state index contributed by atoms with van der Waals surface area (Å²) in [6.45, 7) is 4.26. The van der Waals surface area contributed by atoms with Crippen LogP contribution in [0.2, 0.25) is 5.02 Å². The van der Waals surface area contributed by atoms with Gasteiger partial charge in [0.2, 0.25) is 0 Å². The van der Waals surface area contributed by atoms with Crippen LogP contribution in [0, 0.1) is 0 Å². The van der Waals surface area contributed by atoms with Gasteiger partial charge in [0.25, 0.3) is 5.91 Å². The highest BCUT2D eigenvalue weighted by molar-refractivity contribution is 6.31. The molecule has 1 N–H and O–H groups in total. The molecule has 0 unspecified atom stereocenters. The number of para-hydroxylation sites is 1. The summed E-state index contributed by atoms with van der Waals surface area (Å²) in [5.74, 6) is 0.662. The Morgan fingerprint density at radius 1 is 0.968 bits per heavy atom. The van der Waals surface area contributed by atoms with Crippen molar-refractivity contribution in [2.75, 3.05) is 43.4 Å². The zero-order valence-corrected chi connectivity index (χ0v) is 18.3. The number of carbonyl (C=O) groups is 1. The summed E-state index contributed by atoms with van der Waals surface area (Å²) in [6, 6.07) is 22.8. The second kappa shape index (κ2) is 9.86. The van der Waals surface area contributed by atoms with E-state index in [1.807, 2.05) is 72.8 Å². The molecule has 3 aromatic carbocycles. The molecule has 31 heavy (non-hydrogen) atoms. The topological polar surface area (TPSA) is 44.8 Å². The van der Waals surface area contributed by atoms with Gasteiger partial charge in [0.15, 0.2) is 0 Å². The van der Waals surface area contributed by atoms with E-state index in [0.29, 0.717) is 17.2 Å². The van der Waals surface area contributed by atoms with Crippen molar-refractivity contribution in [3.05, 3.63) is 88.9 Å². The molecule has 0 radical (unpaired) electrons. The number of rotatable bonds is 6. The van der Waals surface area contributed by atoms with E-state index in [1.165, 1.54) is 0 Å². The Labute approximate surface area is 188 Å². The largest absolute Gasteiger partial charge is 0.489 e. The lowest BCUT2D eigenvalue weighted by Crippen LogP contribution is -2.44. The van der Waals surface area contributed by atoms with E-state index >= 15 is 0 Å². The fourth-order valence-electron chi connectivity index (χ4n) is 3.56. The van der Waals surface area contributed by atoms with Crippen LogP contribution >= 0.6 is 11.6 Å². The van der Waals surface area contributed by atoms with E-state index in [1.54, 1.807) is 0 Å². The highest BCUT2D eigenvalue weighted by Gasteiger charge is 2.18. The molecule has 1 saturated heterocycles. The van der Waals surface area contributed by atoms with E-state index in [9.17, 15) is 4.79 Å². The molecule has 0 bridgehead atoms. The summed E-state index contributed by atoms with van der Waals surface area (Å²) < 4.78 is 5.77. The number of hydrogen-bond donors (Lipinski definition) is 1. The predicted molar refractivity (Wildman–Crippen MR) is 126 cm³/mol. The molecule has 0 atom stereocenters. The minimum Gasteiger partial charge on any atom is -0.489 e. The van der Waals surface area contributed by atoms with Crippen LogP contribution in [0.4, 0.5) is 11.4 Å². The monoisotopic (exact) mass is 435 g/mol. The number of hydrogen-bond acceptors (Lipinski definition) is 4. The summed E-state index contributed by atoms with van der Waals surface area (Å²) in [7, 11) is 2.12. The van der Waals surface area contributed by atoms with E-state index in [4.69, 9.17) is 16.3 Å². The fourth-order valence-corrected chi connectivity index (χ4v) is 3.73. The molecule has 160 valence electrons. The maximum absolute atomic E-state index is 12.9. The Morgan fingerprint density at radius 3 is 2.39 bits per heavy atom. The van der Waals surface area contributed by atoms with Crippen LogP contribution in [-0.2, 0) is 6.61 Å². The zero-order valence-electron chi connectivity index (χ0n) is 17.6. The van der Waals surface area contributed by atoms with Gasteiger partial charge in [0.1, 0.15) is 12.4 Å². The van der Waals surface area contributed by atoms with Crippen molar-refractivity contribution in [2.24, 2.45) is 0 Å². The van der Waals surface area contributed by atoms with Crippen molar-refractivity contribution in [1.82, 2.24) is 4.90 Å². The number of halogens is 1. The van der Waals surface area contributed by atoms with Crippen LogP contribution in [0.15, 0.2) is 72.8 Å². The Morgan fingerprint density at radius 2 is 1.68 bits per heavy atom. The number of carbonyl (C=O) groups excluding carboxylic acids is 1. The summed E-state index contributed by atoms with van der Waals surface area (Å²) >= 11 is 6.22. The zero-order chi connectivity index (χ0) is 21.6. The van der Waals surface area contributed by atoms with E-state index in [2.05, 4.69) is 22.2 Å². The van der Waals surface area contributed by atoms with Gasteiger partial charge in [-0.1, -0.05) is 41.9 Å². The first kappa shape index (κ1) is 21.2. The quantitative estimate of drug-likeness (QED) is 0.596. The number of amides is 1. The van der Waals surface area contributed by atoms with Gasteiger partial charge < -0.3 is 19.9 Å². The molecular weight excluding hydrogens is 410 g/mol. The lowest BCUT2D eigenvalue weighted by Gasteiger charge is -2.35. The molecular formula is C25H26ClN3O2. The van der Waals surface area contributed by atoms with Crippen molar-refractivity contribution >= 4 is 28.9 Å². The van der Waals surface area contributed by atoms with Gasteiger partial charge in [-0.3, -0.25) is 4.79 Å². The number of nitrogens with zero attached hydrogens (tertiary/aromatic N) is 2. The SMILES string of the molecule is CN1CCN(c2ccc(Cl)cc2NC(=O)c2ccc(COc3ccccc3)cc2)CC1. The molecule has 4 rings (SSSR count). The van der Waals surface area contributed by atoms with Crippen LogP contribution in [0.1, 0.15) is 15.9 Å². The van der Waals surface area contributed by atoms with Gasteiger partial charge in [0.05, 0.1) is 11.4 Å². The van der Waals surface area contributed by atoms with Gasteiger partial charge >= 0.3 is 0 Å². The average molecular weight is 436 g/mol. The van der Waals surface area contributed by atoms with Gasteiger partial charge in [-0.2, -0.15) is 0 Å². The highest BCUT2D eigenvalue weighted by atomic mass is 35.5. The lowest BCUT2D eigenvalue weighted by molar-refractivity contribution is 0.102. The third kappa shape index (κ3) is 5.57. The Balaban J connectivity index is 1.42. The first-order valence-corrected chi connectivity index (χ1v) is 10.8. The molecule has 1 aliphatic heterocycles. The second-order valence-corrected chi connectivity index (χ2v) is 8.14. The predicted octanol–water partition coefficient (Wildman–Crippen LogP) is 4.92. The van der Waals surface area contributed by atoms with Crippen LogP contribution in [0.3, 0.4) is 0 Å². The molecule has 6 heteroatoms. The lowest BCUT2D eigenvalue weighted by atomic mass is 10.1. The number of ether oxygens (including phenoxy) is 1. The molecule has 0 aliphatic carbocycles. The van der Waals surface area contributed by atoms with Crippen LogP contribution in [0.25, 0.3) is 0 Å². The van der Waals surface area contributed by atoms with Crippen molar-refractivity contribution in [3.8, 4) is 5.75 Å². The number of nitrogens with one attached hydrogen (secondary N) is 1. The number of anilines is 2. The maximum atomic E-state index is 12.9. The van der Waals surface area contributed by atoms with Crippen molar-refractivity contribution in [2.45, 2.75) is 6.61 Å². The van der Waals surface area contributed by atoms with Crippen LogP contribution in [0.5, 0.6) is 5.75 Å². The molecule has 0 aromatic heterocycles. The highest BCUT2D eigenvalue weighted by Crippen LogP contribution is 2.30. The third-order valence-electron chi connectivity index (χ3n) is 5.42. The van der Waals surface area contributed by atoms with E-state index < -0.39 is 0 Å². The van der Waals surface area contributed by atoms with Gasteiger partial charge in [0, 0.05) is 36.8 Å². The van der Waals surface area contributed by atoms with Crippen LogP contribution < -0.4 is 15.0 Å². The Bertz CT molecular complexity index is 1020. The summed E-state index contributed by atoms with van der Waals surface area (Å²) in [4.78, 5) is 17.5. The Kier molecular flexibility index (Phi) is 6.75. The maximum Gasteiger partial charge on any atom is 0.255 e. The molecule has 1 amide bonds. The van der Waals surface area contributed by atoms with E-state index in [-0.39, 0.29) is 5.91 Å². The van der Waals surface area contributed by atoms with Crippen molar-refractivity contribution in [1.29, 1.82) is 0 Å². The molecule has 3 aromatic rings. The normalized spacial score (nSPS) is 14.3. The van der Waals surface area contributed by atoms with Crippen LogP contribution in [-0.4, -0.2) is 44.0 Å². The Hall–Kier alpha value is -3.02. The molecule has 5 nitrogen and oxygen atoms in total. The standard InChI is InChI=1S/C25H26ClN3O2/c1-28-13-15-29(16-14-28)24-12-11-21(26)17-23(24)27-25(30)20-9-7-19(8-10-20)18-31-22-5-3-2-4-6-22/h2-12,17H,13-16,18H2,1H3,(H,27,30). The summed E-state index contributed by atoms with van der Waals surface area (Å²) in [5, 5.41) is 3.64. The van der Waals surface area contributed by atoms with E-state index in [0.717, 1.165) is 48.9 Å². The van der Waals surface area contributed by atoms with Crippen molar-refractivity contribution < 1.29 is 9.53 Å². The molecule has 0 spiro atoms. The van der Waals surface area contributed by atoms with Crippen molar-refractivity contribution in [3.63, 3.8) is 0 Å². The minimum absolute atomic E-state index is 0.159. The first-order valence-electron chi connectivity index (χ1n) is 10.4.